The average molecular weight is 614 g/mol. The number of aromatic hydroxyl groups is 2. The fourth-order valence-electron chi connectivity index (χ4n) is 5.26. The summed E-state index contributed by atoms with van der Waals surface area (Å²) in [6.07, 6.45) is 0.186. The van der Waals surface area contributed by atoms with E-state index in [2.05, 4.69) is 10.3 Å². The van der Waals surface area contributed by atoms with Crippen LogP contribution in [0.1, 0.15) is 48.2 Å². The van der Waals surface area contributed by atoms with E-state index in [1.807, 2.05) is 52.0 Å². The Labute approximate surface area is 259 Å². The molecule has 4 N–H and O–H groups in total. The SMILES string of the molecule is CCN=c1cc2oc3cc(NCC)c(C)cc3c(-c3ccc(OCCCC(=O)On4c(O)ccc4O)cc3C(=O)O)c-2cc1C. The molecule has 1 aromatic heterocycles. The van der Waals surface area contributed by atoms with Gasteiger partial charge >= 0.3 is 11.9 Å². The predicted octanol–water partition coefficient (Wildman–Crippen LogP) is 5.90. The summed E-state index contributed by atoms with van der Waals surface area (Å²) in [6, 6.07) is 15.1. The number of fused-ring (bicyclic) bond motifs is 2. The van der Waals surface area contributed by atoms with Crippen molar-refractivity contribution in [2.45, 2.75) is 40.5 Å². The highest BCUT2D eigenvalue weighted by Gasteiger charge is 2.23. The smallest absolute Gasteiger partial charge is 0.336 e. The standard InChI is InChI=1S/C34H35N3O8/c1-5-35-26-17-28-24(14-19(26)3)33(25-15-20(4)27(36-6-2)18-29(25)44-28)22-10-9-21(16-23(22)34(41)42)43-13-7-8-32(40)45-37-30(38)11-12-31(37)39/h9-12,14-18,35,38-39H,5-8,13H2,1-4H3,(H,41,42). The molecular weight excluding hydrogens is 578 g/mol. The summed E-state index contributed by atoms with van der Waals surface area (Å²) in [5, 5.41) is 34.5. The molecule has 1 aliphatic carbocycles. The highest BCUT2D eigenvalue weighted by molar-refractivity contribution is 6.08. The monoisotopic (exact) mass is 613 g/mol. The predicted molar refractivity (Wildman–Crippen MR) is 169 cm³/mol. The highest BCUT2D eigenvalue weighted by atomic mass is 16.7. The molecule has 11 heteroatoms. The fourth-order valence-corrected chi connectivity index (χ4v) is 5.26. The maximum absolute atomic E-state index is 12.6. The van der Waals surface area contributed by atoms with E-state index in [0.717, 1.165) is 45.2 Å². The first-order valence-electron chi connectivity index (χ1n) is 14.7. The van der Waals surface area contributed by atoms with E-state index in [1.54, 1.807) is 12.1 Å². The number of carboxylic acid groups (broad SMARTS) is 1. The molecule has 5 rings (SSSR count). The average Bonchev–Trinajstić information content (AvgIpc) is 3.32. The van der Waals surface area contributed by atoms with Crippen LogP contribution in [0.5, 0.6) is 17.5 Å². The number of rotatable bonds is 11. The van der Waals surface area contributed by atoms with Crippen molar-refractivity contribution in [3.63, 3.8) is 0 Å². The molecule has 234 valence electrons. The van der Waals surface area contributed by atoms with Crippen molar-refractivity contribution in [3.8, 4) is 40.0 Å². The summed E-state index contributed by atoms with van der Waals surface area (Å²) in [5.41, 5.74) is 5.52. The second-order valence-electron chi connectivity index (χ2n) is 10.6. The minimum atomic E-state index is -1.12. The number of nitrogens with one attached hydrogen (secondary N) is 1. The van der Waals surface area contributed by atoms with Gasteiger partial charge in [0, 0.05) is 59.6 Å². The molecule has 0 saturated carbocycles. The minimum absolute atomic E-state index is 0.0488. The number of carbonyl (C=O) groups is 2. The molecule has 2 aromatic carbocycles. The molecule has 11 nitrogen and oxygen atoms in total. The molecule has 0 saturated heterocycles. The lowest BCUT2D eigenvalue weighted by atomic mass is 9.89. The Balaban J connectivity index is 1.50. The first-order valence-corrected chi connectivity index (χ1v) is 14.7. The van der Waals surface area contributed by atoms with Gasteiger partial charge in [-0.25, -0.2) is 9.59 Å². The van der Waals surface area contributed by atoms with Crippen LogP contribution in [0, 0.1) is 13.8 Å². The van der Waals surface area contributed by atoms with Gasteiger partial charge in [0.15, 0.2) is 0 Å². The van der Waals surface area contributed by atoms with Crippen molar-refractivity contribution in [2.75, 3.05) is 25.0 Å². The largest absolute Gasteiger partial charge is 0.494 e. The number of carboxylic acids is 1. The Morgan fingerprint density at radius 1 is 0.956 bits per heavy atom. The van der Waals surface area contributed by atoms with E-state index in [4.69, 9.17) is 14.0 Å². The molecule has 2 aliphatic rings. The summed E-state index contributed by atoms with van der Waals surface area (Å²) in [4.78, 5) is 34.3. The fraction of sp³-hybridized carbons (Fsp3) is 0.265. The van der Waals surface area contributed by atoms with Crippen LogP contribution in [-0.2, 0) is 4.79 Å². The Morgan fingerprint density at radius 3 is 2.40 bits per heavy atom. The lowest BCUT2D eigenvalue weighted by Crippen LogP contribution is -2.19. The van der Waals surface area contributed by atoms with Gasteiger partial charge in [-0.1, -0.05) is 0 Å². The number of benzene rings is 3. The third-order valence-corrected chi connectivity index (χ3v) is 7.35. The quantitative estimate of drug-likeness (QED) is 0.105. The molecule has 0 bridgehead atoms. The lowest BCUT2D eigenvalue weighted by molar-refractivity contribution is -0.145. The second-order valence-corrected chi connectivity index (χ2v) is 10.6. The van der Waals surface area contributed by atoms with Gasteiger partial charge in [0.2, 0.25) is 11.8 Å². The maximum Gasteiger partial charge on any atom is 0.336 e. The summed E-state index contributed by atoms with van der Waals surface area (Å²) in [7, 11) is 0. The summed E-state index contributed by atoms with van der Waals surface area (Å²) < 4.78 is 12.8. The third-order valence-electron chi connectivity index (χ3n) is 7.35. The Hall–Kier alpha value is -5.45. The Bertz CT molecular complexity index is 1920. The number of hydrogen-bond donors (Lipinski definition) is 4. The molecule has 0 unspecified atom stereocenters. The van der Waals surface area contributed by atoms with Crippen LogP contribution in [0.4, 0.5) is 5.69 Å². The van der Waals surface area contributed by atoms with Crippen molar-refractivity contribution in [3.05, 3.63) is 76.6 Å². The Kier molecular flexibility index (Phi) is 8.98. The molecule has 0 spiro atoms. The van der Waals surface area contributed by atoms with E-state index >= 15 is 0 Å². The number of aromatic nitrogens is 1. The van der Waals surface area contributed by atoms with Crippen LogP contribution >= 0.6 is 0 Å². The van der Waals surface area contributed by atoms with Gasteiger partial charge in [0.25, 0.3) is 0 Å². The number of aryl methyl sites for hydroxylation is 2. The molecule has 3 aromatic rings. The zero-order chi connectivity index (χ0) is 32.2. The number of anilines is 1. The van der Waals surface area contributed by atoms with Crippen LogP contribution in [0.2, 0.25) is 0 Å². The van der Waals surface area contributed by atoms with E-state index in [0.29, 0.717) is 33.9 Å². The first-order chi connectivity index (χ1) is 21.6. The highest BCUT2D eigenvalue weighted by Crippen LogP contribution is 2.43. The van der Waals surface area contributed by atoms with Crippen molar-refractivity contribution in [2.24, 2.45) is 4.99 Å². The van der Waals surface area contributed by atoms with Crippen LogP contribution in [-0.4, -0.2) is 51.7 Å². The van der Waals surface area contributed by atoms with Crippen molar-refractivity contribution >= 4 is 28.6 Å². The number of carbonyl (C=O) groups excluding carboxylic acids is 1. The van der Waals surface area contributed by atoms with Crippen molar-refractivity contribution in [1.82, 2.24) is 4.73 Å². The third kappa shape index (κ3) is 6.42. The van der Waals surface area contributed by atoms with Gasteiger partial charge in [0.05, 0.1) is 23.9 Å². The van der Waals surface area contributed by atoms with Crippen molar-refractivity contribution in [1.29, 1.82) is 0 Å². The van der Waals surface area contributed by atoms with Gasteiger partial charge in [-0.2, -0.15) is 0 Å². The number of ether oxygens (including phenoxy) is 1. The first kappa shape index (κ1) is 31.0. The molecule has 0 atom stereocenters. The maximum atomic E-state index is 12.6. The van der Waals surface area contributed by atoms with Gasteiger partial charge < -0.3 is 34.6 Å². The van der Waals surface area contributed by atoms with Crippen molar-refractivity contribution < 1.29 is 38.9 Å². The second kappa shape index (κ2) is 13.0. The van der Waals surface area contributed by atoms with Gasteiger partial charge in [-0.3, -0.25) is 4.99 Å². The number of aromatic carboxylic acids is 1. The Morgan fingerprint density at radius 2 is 1.71 bits per heavy atom. The van der Waals surface area contributed by atoms with E-state index in [9.17, 15) is 24.9 Å². The van der Waals surface area contributed by atoms with E-state index < -0.39 is 23.7 Å². The van der Waals surface area contributed by atoms with Crippen LogP contribution in [0.3, 0.4) is 0 Å². The topological polar surface area (TPSA) is 156 Å². The normalized spacial score (nSPS) is 11.7. The number of hydrogen-bond acceptors (Lipinski definition) is 9. The molecule has 0 amide bonds. The minimum Gasteiger partial charge on any atom is -0.494 e. The summed E-state index contributed by atoms with van der Waals surface area (Å²) in [6.45, 7) is 9.39. The van der Waals surface area contributed by atoms with E-state index in [1.165, 1.54) is 18.2 Å². The van der Waals surface area contributed by atoms with Gasteiger partial charge in [-0.15, -0.1) is 4.73 Å². The van der Waals surface area contributed by atoms with Crippen LogP contribution < -0.4 is 20.2 Å². The summed E-state index contributed by atoms with van der Waals surface area (Å²) >= 11 is 0. The zero-order valence-corrected chi connectivity index (χ0v) is 25.5. The van der Waals surface area contributed by atoms with Crippen LogP contribution in [0.15, 0.2) is 64.0 Å². The molecular formula is C34H35N3O8. The zero-order valence-electron chi connectivity index (χ0n) is 25.5. The molecule has 45 heavy (non-hydrogen) atoms. The molecule has 0 radical (unpaired) electrons. The molecule has 1 aliphatic heterocycles. The molecule has 2 heterocycles. The van der Waals surface area contributed by atoms with Gasteiger partial charge in [0.1, 0.15) is 17.1 Å². The van der Waals surface area contributed by atoms with E-state index in [-0.39, 0.29) is 25.0 Å². The summed E-state index contributed by atoms with van der Waals surface area (Å²) in [5.74, 6) is -1.72. The molecule has 0 fully saturated rings. The van der Waals surface area contributed by atoms with Crippen LogP contribution in [0.25, 0.3) is 33.4 Å². The van der Waals surface area contributed by atoms with Gasteiger partial charge in [-0.05, 0) is 81.1 Å². The number of nitrogens with zero attached hydrogens (tertiary/aromatic N) is 2. The lowest BCUT2D eigenvalue weighted by Gasteiger charge is -2.20.